The zero-order valence-corrected chi connectivity index (χ0v) is 17.6. The maximum absolute atomic E-state index is 12.2. The number of carbonyl (C=O) groups is 1. The third-order valence-corrected chi connectivity index (χ3v) is 6.29. The molecule has 2 aromatic heterocycles. The molecule has 2 heterocycles. The molecule has 0 atom stereocenters. The largest absolute Gasteiger partial charge is 0.355 e. The normalized spacial score (nSPS) is 15.4. The predicted molar refractivity (Wildman–Crippen MR) is 109 cm³/mol. The van der Waals surface area contributed by atoms with Crippen LogP contribution in [0.3, 0.4) is 0 Å². The highest BCUT2D eigenvalue weighted by Crippen LogP contribution is 2.23. The van der Waals surface area contributed by atoms with E-state index in [4.69, 9.17) is 0 Å². The number of hydrogen-bond acceptors (Lipinski definition) is 5. The van der Waals surface area contributed by atoms with Gasteiger partial charge >= 0.3 is 0 Å². The fourth-order valence-electron chi connectivity index (χ4n) is 3.80. The molecule has 1 amide bonds. The van der Waals surface area contributed by atoms with Crippen LogP contribution < -0.4 is 5.32 Å². The van der Waals surface area contributed by atoms with Gasteiger partial charge in [0.25, 0.3) is 5.78 Å². The zero-order chi connectivity index (χ0) is 19.2. The molecule has 0 aromatic carbocycles. The third kappa shape index (κ3) is 5.21. The van der Waals surface area contributed by atoms with Crippen molar-refractivity contribution in [3.8, 4) is 0 Å². The van der Waals surface area contributed by atoms with Crippen LogP contribution in [0.15, 0.2) is 5.16 Å². The van der Waals surface area contributed by atoms with Crippen LogP contribution in [0.5, 0.6) is 0 Å². The fraction of sp³-hybridized carbons (Fsp3) is 0.700. The molecule has 2 aromatic rings. The highest BCUT2D eigenvalue weighted by Gasteiger charge is 2.16. The first-order valence-corrected chi connectivity index (χ1v) is 11.2. The number of carbonyl (C=O) groups excluding carboxylic acids is 1. The molecule has 0 radical (unpaired) electrons. The summed E-state index contributed by atoms with van der Waals surface area (Å²) in [4.78, 5) is 21.3. The van der Waals surface area contributed by atoms with Gasteiger partial charge in [-0.15, -0.1) is 5.10 Å². The Kier molecular flexibility index (Phi) is 7.10. The number of nitrogens with one attached hydrogen (secondary N) is 1. The lowest BCUT2D eigenvalue weighted by Crippen LogP contribution is -2.31. The first-order chi connectivity index (χ1) is 13.1. The number of nitrogens with zero attached hydrogens (tertiary/aromatic N) is 4. The molecule has 6 nitrogen and oxygen atoms in total. The Bertz CT molecular complexity index is 782. The van der Waals surface area contributed by atoms with Crippen molar-refractivity contribution in [2.75, 3.05) is 12.3 Å². The lowest BCUT2D eigenvalue weighted by atomic mass is 9.89. The average Bonchev–Trinajstić information content (AvgIpc) is 3.08. The van der Waals surface area contributed by atoms with Gasteiger partial charge in [0.05, 0.1) is 5.75 Å². The second-order valence-electron chi connectivity index (χ2n) is 7.57. The van der Waals surface area contributed by atoms with E-state index < -0.39 is 0 Å². The van der Waals surface area contributed by atoms with E-state index in [0.29, 0.717) is 22.6 Å². The minimum absolute atomic E-state index is 0.0638. The smallest absolute Gasteiger partial charge is 0.253 e. The maximum Gasteiger partial charge on any atom is 0.253 e. The van der Waals surface area contributed by atoms with E-state index in [2.05, 4.69) is 34.2 Å². The van der Waals surface area contributed by atoms with Gasteiger partial charge in [0.2, 0.25) is 11.1 Å². The van der Waals surface area contributed by atoms with Gasteiger partial charge in [-0.1, -0.05) is 44.4 Å². The van der Waals surface area contributed by atoms with Gasteiger partial charge < -0.3 is 5.32 Å². The summed E-state index contributed by atoms with van der Waals surface area (Å²) in [5.41, 5.74) is 3.39. The summed E-state index contributed by atoms with van der Waals surface area (Å²) in [6.45, 7) is 7.11. The van der Waals surface area contributed by atoms with E-state index in [1.54, 1.807) is 0 Å². The van der Waals surface area contributed by atoms with Gasteiger partial charge in [-0.05, 0) is 51.0 Å². The zero-order valence-electron chi connectivity index (χ0n) is 16.8. The fourth-order valence-corrected chi connectivity index (χ4v) is 4.44. The van der Waals surface area contributed by atoms with Gasteiger partial charge in [0.1, 0.15) is 0 Å². The second-order valence-corrected chi connectivity index (χ2v) is 8.51. The molecule has 1 N–H and O–H groups in total. The number of rotatable bonds is 8. The number of aromatic nitrogens is 4. The molecule has 1 fully saturated rings. The van der Waals surface area contributed by atoms with E-state index in [1.807, 2.05) is 11.4 Å². The van der Waals surface area contributed by atoms with E-state index in [0.717, 1.165) is 37.2 Å². The number of fused-ring (bicyclic) bond motifs is 1. The number of aryl methyl sites for hydroxylation is 2. The molecule has 0 bridgehead atoms. The summed E-state index contributed by atoms with van der Waals surface area (Å²) in [5.74, 6) is 1.69. The number of thioether (sulfide) groups is 1. The van der Waals surface area contributed by atoms with Gasteiger partial charge in [-0.25, -0.2) is 9.50 Å². The van der Waals surface area contributed by atoms with Gasteiger partial charge in [-0.2, -0.15) is 4.98 Å². The van der Waals surface area contributed by atoms with Crippen LogP contribution in [0.4, 0.5) is 0 Å². The first kappa shape index (κ1) is 20.1. The molecule has 1 aliphatic rings. The van der Waals surface area contributed by atoms with E-state index >= 15 is 0 Å². The van der Waals surface area contributed by atoms with Crippen molar-refractivity contribution in [2.24, 2.45) is 5.92 Å². The molecule has 1 aliphatic carbocycles. The van der Waals surface area contributed by atoms with Crippen molar-refractivity contribution in [3.63, 3.8) is 0 Å². The summed E-state index contributed by atoms with van der Waals surface area (Å²) in [5, 5.41) is 8.26. The Balaban J connectivity index is 1.58. The van der Waals surface area contributed by atoms with E-state index in [-0.39, 0.29) is 5.91 Å². The molecule has 3 rings (SSSR count). The van der Waals surface area contributed by atoms with E-state index in [1.165, 1.54) is 49.4 Å². The van der Waals surface area contributed by atoms with Crippen LogP contribution >= 0.6 is 11.8 Å². The molecule has 0 spiro atoms. The van der Waals surface area contributed by atoms with E-state index in [9.17, 15) is 4.79 Å². The van der Waals surface area contributed by atoms with Crippen molar-refractivity contribution >= 4 is 23.4 Å². The summed E-state index contributed by atoms with van der Waals surface area (Å²) in [6, 6.07) is 0. The standard InChI is InChI=1S/C20H31N5OS/c1-4-5-11-17-14(2)22-19-23-20(24-25(19)15(17)3)27-13-18(26)21-12-16-9-7-6-8-10-16/h16H,4-13H2,1-3H3,(H,21,26). The van der Waals surface area contributed by atoms with Crippen molar-refractivity contribution in [3.05, 3.63) is 17.0 Å². The van der Waals surface area contributed by atoms with Crippen LogP contribution in [0, 0.1) is 19.8 Å². The lowest BCUT2D eigenvalue weighted by Gasteiger charge is -2.21. The Morgan fingerprint density at radius 3 is 2.74 bits per heavy atom. The van der Waals surface area contributed by atoms with Crippen molar-refractivity contribution in [1.82, 2.24) is 24.9 Å². The number of hydrogen-bond donors (Lipinski definition) is 1. The van der Waals surface area contributed by atoms with Gasteiger partial charge in [0.15, 0.2) is 0 Å². The number of unbranched alkanes of at least 4 members (excludes halogenated alkanes) is 1. The molecule has 0 saturated heterocycles. The SMILES string of the molecule is CCCCc1c(C)nc2nc(SCC(=O)NCC3CCCCC3)nn2c1C. The Hall–Kier alpha value is -1.63. The molecular weight excluding hydrogens is 358 g/mol. The molecule has 148 valence electrons. The van der Waals surface area contributed by atoms with Crippen molar-refractivity contribution in [1.29, 1.82) is 0 Å². The summed E-state index contributed by atoms with van der Waals surface area (Å²) < 4.78 is 1.82. The topological polar surface area (TPSA) is 72.2 Å². The molecule has 0 aliphatic heterocycles. The highest BCUT2D eigenvalue weighted by molar-refractivity contribution is 7.99. The van der Waals surface area contributed by atoms with Gasteiger partial charge in [0, 0.05) is 17.9 Å². The predicted octanol–water partition coefficient (Wildman–Crippen LogP) is 3.87. The van der Waals surface area contributed by atoms with Crippen LogP contribution in [-0.4, -0.2) is 37.8 Å². The Labute approximate surface area is 165 Å². The third-order valence-electron chi connectivity index (χ3n) is 5.45. The van der Waals surface area contributed by atoms with Crippen LogP contribution in [0.1, 0.15) is 68.8 Å². The summed E-state index contributed by atoms with van der Waals surface area (Å²) >= 11 is 1.38. The highest BCUT2D eigenvalue weighted by atomic mass is 32.2. The first-order valence-electron chi connectivity index (χ1n) is 10.2. The summed E-state index contributed by atoms with van der Waals surface area (Å²) in [6.07, 6.45) is 9.74. The molecule has 27 heavy (non-hydrogen) atoms. The van der Waals surface area contributed by atoms with Crippen LogP contribution in [-0.2, 0) is 11.2 Å². The molecule has 7 heteroatoms. The number of amides is 1. The molecule has 0 unspecified atom stereocenters. The van der Waals surface area contributed by atoms with Crippen LogP contribution in [0.2, 0.25) is 0 Å². The quantitative estimate of drug-likeness (QED) is 0.694. The summed E-state index contributed by atoms with van der Waals surface area (Å²) in [7, 11) is 0. The Morgan fingerprint density at radius 2 is 2.00 bits per heavy atom. The van der Waals surface area contributed by atoms with Crippen LogP contribution in [0.25, 0.3) is 5.78 Å². The molecule has 1 saturated carbocycles. The molecular formula is C20H31N5OS. The minimum Gasteiger partial charge on any atom is -0.355 e. The average molecular weight is 390 g/mol. The maximum atomic E-state index is 12.2. The van der Waals surface area contributed by atoms with Gasteiger partial charge in [-0.3, -0.25) is 4.79 Å². The minimum atomic E-state index is 0.0638. The second kappa shape index (κ2) is 9.53. The van der Waals surface area contributed by atoms with Crippen molar-refractivity contribution in [2.45, 2.75) is 77.3 Å². The lowest BCUT2D eigenvalue weighted by molar-refractivity contribution is -0.118. The Morgan fingerprint density at radius 1 is 1.22 bits per heavy atom. The monoisotopic (exact) mass is 389 g/mol. The van der Waals surface area contributed by atoms with Crippen molar-refractivity contribution < 1.29 is 4.79 Å².